The largest absolute Gasteiger partial charge is 0.403 e. The summed E-state index contributed by atoms with van der Waals surface area (Å²) in [5.41, 5.74) is 0.731. The minimum atomic E-state index is -0.522. The van der Waals surface area contributed by atoms with Crippen LogP contribution in [0.5, 0.6) is 5.88 Å². The van der Waals surface area contributed by atoms with Crippen molar-refractivity contribution in [1.29, 1.82) is 0 Å². The first-order valence-electron chi connectivity index (χ1n) is 8.67. The Morgan fingerprint density at radius 1 is 1.18 bits per heavy atom. The second-order valence-electron chi connectivity index (χ2n) is 7.23. The Hall–Kier alpha value is -1.76. The maximum atomic E-state index is 12.9. The number of hydrogen-bond acceptors (Lipinski definition) is 4. The van der Waals surface area contributed by atoms with Crippen LogP contribution in [0.2, 0.25) is 5.02 Å². The highest BCUT2D eigenvalue weighted by Crippen LogP contribution is 2.40. The van der Waals surface area contributed by atoms with Crippen LogP contribution in [0.15, 0.2) is 62.8 Å². The van der Waals surface area contributed by atoms with Crippen LogP contribution in [0.4, 0.5) is 0 Å². The third kappa shape index (κ3) is 4.62. The van der Waals surface area contributed by atoms with Crippen LogP contribution in [-0.2, 0) is 5.54 Å². The van der Waals surface area contributed by atoms with Gasteiger partial charge in [-0.3, -0.25) is 0 Å². The maximum absolute atomic E-state index is 12.9. The van der Waals surface area contributed by atoms with Crippen molar-refractivity contribution < 1.29 is 9.53 Å². The van der Waals surface area contributed by atoms with Crippen LogP contribution in [0, 0.1) is 6.92 Å². The molecule has 0 saturated heterocycles. The molecule has 4 nitrogen and oxygen atoms in total. The predicted molar refractivity (Wildman–Crippen MR) is 117 cm³/mol. The second-order valence-corrected chi connectivity index (χ2v) is 9.64. The van der Waals surface area contributed by atoms with Crippen LogP contribution < -0.4 is 4.74 Å². The standard InChI is InChI=1S/C21H20BrClN2O2S/c1-13-18(28-15-8-6-5-7-9-15)19(25(24-13)21(2,3)4)27-20(26)16-12-14(22)10-11-17(16)23/h5-12H,1-4H3. The van der Waals surface area contributed by atoms with E-state index < -0.39 is 5.97 Å². The fourth-order valence-electron chi connectivity index (χ4n) is 2.56. The minimum absolute atomic E-state index is 0.297. The Kier molecular flexibility index (Phi) is 6.22. The molecule has 2 aromatic carbocycles. The summed E-state index contributed by atoms with van der Waals surface area (Å²) in [7, 11) is 0. The highest BCUT2D eigenvalue weighted by Gasteiger charge is 2.28. The number of carbonyl (C=O) groups excluding carboxylic acids is 1. The number of ether oxygens (including phenoxy) is 1. The lowest BCUT2D eigenvalue weighted by Crippen LogP contribution is -2.25. The molecule has 146 valence electrons. The van der Waals surface area contributed by atoms with Crippen LogP contribution >= 0.6 is 39.3 Å². The summed E-state index contributed by atoms with van der Waals surface area (Å²) < 4.78 is 8.35. The summed E-state index contributed by atoms with van der Waals surface area (Å²) >= 11 is 11.1. The normalized spacial score (nSPS) is 11.5. The Labute approximate surface area is 182 Å². The van der Waals surface area contributed by atoms with Gasteiger partial charge in [-0.1, -0.05) is 57.5 Å². The van der Waals surface area contributed by atoms with Crippen LogP contribution in [0.1, 0.15) is 36.8 Å². The predicted octanol–water partition coefficient (Wildman–Crippen LogP) is 6.73. The molecule has 0 aliphatic carbocycles. The number of aromatic nitrogens is 2. The lowest BCUT2D eigenvalue weighted by Gasteiger charge is -2.22. The zero-order valence-corrected chi connectivity index (χ0v) is 19.2. The molecule has 0 bridgehead atoms. The number of hydrogen-bond donors (Lipinski definition) is 0. The van der Waals surface area contributed by atoms with E-state index in [-0.39, 0.29) is 5.54 Å². The molecule has 0 aliphatic heterocycles. The topological polar surface area (TPSA) is 44.1 Å². The van der Waals surface area contributed by atoms with Gasteiger partial charge in [-0.25, -0.2) is 9.48 Å². The minimum Gasteiger partial charge on any atom is -0.403 e. The third-order valence-electron chi connectivity index (χ3n) is 3.90. The molecule has 0 N–H and O–H groups in total. The molecule has 0 amide bonds. The number of nitrogens with zero attached hydrogens (tertiary/aromatic N) is 2. The van der Waals surface area contributed by atoms with E-state index in [1.807, 2.05) is 58.0 Å². The Morgan fingerprint density at radius 3 is 2.50 bits per heavy atom. The van der Waals surface area contributed by atoms with Gasteiger partial charge in [-0.15, -0.1) is 0 Å². The summed E-state index contributed by atoms with van der Waals surface area (Å²) in [6, 6.07) is 15.0. The number of halogens is 2. The molecule has 7 heteroatoms. The highest BCUT2D eigenvalue weighted by molar-refractivity contribution is 9.10. The molecule has 1 aromatic heterocycles. The molecular weight excluding hydrogens is 460 g/mol. The van der Waals surface area contributed by atoms with Crippen LogP contribution in [0.3, 0.4) is 0 Å². The van der Waals surface area contributed by atoms with E-state index in [2.05, 4.69) is 21.0 Å². The smallest absolute Gasteiger partial charge is 0.346 e. The van der Waals surface area contributed by atoms with Gasteiger partial charge < -0.3 is 4.74 Å². The molecule has 28 heavy (non-hydrogen) atoms. The fraction of sp³-hybridized carbons (Fsp3) is 0.238. The average molecular weight is 480 g/mol. The van der Waals surface area contributed by atoms with Gasteiger partial charge >= 0.3 is 5.97 Å². The van der Waals surface area contributed by atoms with Crippen molar-refractivity contribution in [2.75, 3.05) is 0 Å². The first-order valence-corrected chi connectivity index (χ1v) is 10.7. The van der Waals surface area contributed by atoms with E-state index in [0.717, 1.165) is 20.0 Å². The van der Waals surface area contributed by atoms with Crippen molar-refractivity contribution in [3.8, 4) is 5.88 Å². The molecular formula is C21H20BrClN2O2S. The average Bonchev–Trinajstić information content (AvgIpc) is 2.94. The van der Waals surface area contributed by atoms with E-state index in [4.69, 9.17) is 16.3 Å². The third-order valence-corrected chi connectivity index (χ3v) is 5.91. The van der Waals surface area contributed by atoms with Crippen molar-refractivity contribution in [2.24, 2.45) is 0 Å². The van der Waals surface area contributed by atoms with Crippen molar-refractivity contribution in [1.82, 2.24) is 9.78 Å². The number of benzene rings is 2. The molecule has 0 radical (unpaired) electrons. The van der Waals surface area contributed by atoms with Crippen LogP contribution in [0.25, 0.3) is 0 Å². The van der Waals surface area contributed by atoms with E-state index in [1.54, 1.807) is 22.9 Å². The summed E-state index contributed by atoms with van der Waals surface area (Å²) in [6.45, 7) is 7.95. The Bertz CT molecular complexity index is 1010. The van der Waals surface area contributed by atoms with E-state index in [0.29, 0.717) is 16.5 Å². The van der Waals surface area contributed by atoms with E-state index in [9.17, 15) is 4.79 Å². The molecule has 0 unspecified atom stereocenters. The lowest BCUT2D eigenvalue weighted by atomic mass is 10.1. The van der Waals surface area contributed by atoms with Crippen molar-refractivity contribution >= 4 is 45.3 Å². The van der Waals surface area contributed by atoms with Gasteiger partial charge in [-0.05, 0) is 58.0 Å². The summed E-state index contributed by atoms with van der Waals surface area (Å²) in [6.07, 6.45) is 0. The van der Waals surface area contributed by atoms with E-state index in [1.165, 1.54) is 11.8 Å². The number of aryl methyl sites for hydroxylation is 1. The SMILES string of the molecule is Cc1nn(C(C)(C)C)c(OC(=O)c2cc(Br)ccc2Cl)c1Sc1ccccc1. The zero-order chi connectivity index (χ0) is 20.5. The summed E-state index contributed by atoms with van der Waals surface area (Å²) in [5.74, 6) is -0.105. The number of rotatable bonds is 4. The first kappa shape index (κ1) is 21.0. The summed E-state index contributed by atoms with van der Waals surface area (Å²) in [4.78, 5) is 14.7. The van der Waals surface area contributed by atoms with E-state index >= 15 is 0 Å². The van der Waals surface area contributed by atoms with Gasteiger partial charge in [0, 0.05) is 9.37 Å². The quantitative estimate of drug-likeness (QED) is 0.389. The number of esters is 1. The fourth-order valence-corrected chi connectivity index (χ4v) is 4.05. The highest BCUT2D eigenvalue weighted by atomic mass is 79.9. The van der Waals surface area contributed by atoms with Gasteiger partial charge in [0.05, 0.1) is 26.7 Å². The molecule has 0 atom stereocenters. The monoisotopic (exact) mass is 478 g/mol. The molecule has 0 aliphatic rings. The molecule has 0 spiro atoms. The molecule has 1 heterocycles. The molecule has 3 rings (SSSR count). The van der Waals surface area contributed by atoms with Gasteiger partial charge in [0.15, 0.2) is 0 Å². The van der Waals surface area contributed by atoms with Gasteiger partial charge in [-0.2, -0.15) is 5.10 Å². The van der Waals surface area contributed by atoms with Crippen molar-refractivity contribution in [2.45, 2.75) is 43.0 Å². The second kappa shape index (κ2) is 8.31. The maximum Gasteiger partial charge on any atom is 0.346 e. The summed E-state index contributed by atoms with van der Waals surface area (Å²) in [5, 5.41) is 4.98. The number of carbonyl (C=O) groups is 1. The Balaban J connectivity index is 2.04. The lowest BCUT2D eigenvalue weighted by molar-refractivity contribution is 0.0704. The van der Waals surface area contributed by atoms with Gasteiger partial charge in [0.25, 0.3) is 0 Å². The van der Waals surface area contributed by atoms with Crippen molar-refractivity contribution in [3.05, 3.63) is 69.3 Å². The molecule has 0 fully saturated rings. The molecule has 0 saturated carbocycles. The van der Waals surface area contributed by atoms with Crippen LogP contribution in [-0.4, -0.2) is 15.7 Å². The van der Waals surface area contributed by atoms with Gasteiger partial charge in [0.2, 0.25) is 5.88 Å². The van der Waals surface area contributed by atoms with Gasteiger partial charge in [0.1, 0.15) is 0 Å². The Morgan fingerprint density at radius 2 is 1.86 bits per heavy atom. The van der Waals surface area contributed by atoms with Crippen molar-refractivity contribution in [3.63, 3.8) is 0 Å². The molecule has 3 aromatic rings. The first-order chi connectivity index (χ1) is 13.2. The zero-order valence-electron chi connectivity index (χ0n) is 16.0.